The zero-order chi connectivity index (χ0) is 12.8. The van der Waals surface area contributed by atoms with Crippen molar-refractivity contribution in [2.75, 3.05) is 13.7 Å². The van der Waals surface area contributed by atoms with Crippen LogP contribution in [0.25, 0.3) is 0 Å². The summed E-state index contributed by atoms with van der Waals surface area (Å²) in [5.74, 6) is -0.370. The van der Waals surface area contributed by atoms with E-state index in [1.165, 1.54) is 6.07 Å². The number of carbonyl (C=O) groups is 1. The molecule has 0 aliphatic rings. The molecule has 1 rings (SSSR count). The lowest BCUT2D eigenvalue weighted by atomic mass is 10.1. The highest BCUT2D eigenvalue weighted by atomic mass is 19.1. The van der Waals surface area contributed by atoms with E-state index in [0.29, 0.717) is 11.3 Å². The Kier molecular flexibility index (Phi) is 4.90. The van der Waals surface area contributed by atoms with Crippen molar-refractivity contribution >= 4 is 5.91 Å². The maximum Gasteiger partial charge on any atom is 0.220 e. The molecule has 1 aromatic rings. The number of hydrogen-bond acceptors (Lipinski definition) is 3. The first-order chi connectivity index (χ1) is 8.04. The van der Waals surface area contributed by atoms with Gasteiger partial charge in [0.2, 0.25) is 5.91 Å². The molecule has 0 aliphatic carbocycles. The molecule has 0 spiro atoms. The van der Waals surface area contributed by atoms with Crippen molar-refractivity contribution in [1.29, 1.82) is 0 Å². The summed E-state index contributed by atoms with van der Waals surface area (Å²) in [5.41, 5.74) is 5.55. The monoisotopic (exact) mass is 240 g/mol. The first kappa shape index (κ1) is 13.4. The van der Waals surface area contributed by atoms with Gasteiger partial charge in [-0.25, -0.2) is 4.39 Å². The number of halogens is 1. The Labute approximate surface area is 100.0 Å². The maximum atomic E-state index is 13.7. The molecule has 17 heavy (non-hydrogen) atoms. The van der Waals surface area contributed by atoms with Gasteiger partial charge in [0.25, 0.3) is 0 Å². The zero-order valence-corrected chi connectivity index (χ0v) is 10.00. The molecule has 1 atom stereocenters. The molecule has 94 valence electrons. The fourth-order valence-corrected chi connectivity index (χ4v) is 1.37. The van der Waals surface area contributed by atoms with Crippen LogP contribution in [0.1, 0.15) is 24.9 Å². The highest BCUT2D eigenvalue weighted by Gasteiger charge is 2.09. The molecule has 1 unspecified atom stereocenters. The summed E-state index contributed by atoms with van der Waals surface area (Å²) in [4.78, 5) is 10.5. The molecule has 5 heteroatoms. The van der Waals surface area contributed by atoms with Gasteiger partial charge in [-0.05, 0) is 20.0 Å². The highest BCUT2D eigenvalue weighted by Crippen LogP contribution is 2.21. The summed E-state index contributed by atoms with van der Waals surface area (Å²) in [6.07, 6.45) is 0.121. The van der Waals surface area contributed by atoms with Crippen LogP contribution in [0.3, 0.4) is 0 Å². The van der Waals surface area contributed by atoms with Gasteiger partial charge in [-0.3, -0.25) is 4.79 Å². The lowest BCUT2D eigenvalue weighted by molar-refractivity contribution is -0.118. The smallest absolute Gasteiger partial charge is 0.220 e. The Bertz CT molecular complexity index is 396. The largest absolute Gasteiger partial charge is 0.493 e. The quantitative estimate of drug-likeness (QED) is 0.789. The van der Waals surface area contributed by atoms with E-state index in [1.807, 2.05) is 6.92 Å². The molecule has 0 aromatic heterocycles. The van der Waals surface area contributed by atoms with Gasteiger partial charge in [-0.15, -0.1) is 0 Å². The summed E-state index contributed by atoms with van der Waals surface area (Å²) in [7, 11) is 1.77. The molecule has 4 nitrogen and oxygen atoms in total. The fraction of sp³-hybridized carbons (Fsp3) is 0.417. The second-order valence-corrected chi connectivity index (χ2v) is 3.76. The number of rotatable bonds is 6. The van der Waals surface area contributed by atoms with E-state index in [9.17, 15) is 9.18 Å². The van der Waals surface area contributed by atoms with Crippen LogP contribution in [-0.4, -0.2) is 19.6 Å². The molecule has 0 radical (unpaired) electrons. The van der Waals surface area contributed by atoms with Crippen LogP contribution in [0, 0.1) is 5.82 Å². The minimum Gasteiger partial charge on any atom is -0.493 e. The number of hydrogen-bond donors (Lipinski definition) is 2. The van der Waals surface area contributed by atoms with Crippen molar-refractivity contribution in [2.45, 2.75) is 19.4 Å². The number of amides is 1. The Balaban J connectivity index is 2.65. The van der Waals surface area contributed by atoms with E-state index in [4.69, 9.17) is 10.5 Å². The molecular weight excluding hydrogens is 223 g/mol. The standard InChI is InChI=1S/C12H17FN2O2/c1-8(15-2)10-4-3-9(7-11(10)13)17-6-5-12(14)16/h3-4,7-8,15H,5-6H2,1-2H3,(H2,14,16). The van der Waals surface area contributed by atoms with Gasteiger partial charge in [0.1, 0.15) is 11.6 Å². The number of carbonyl (C=O) groups excluding carboxylic acids is 1. The molecule has 0 fully saturated rings. The van der Waals surface area contributed by atoms with Crippen molar-refractivity contribution in [2.24, 2.45) is 5.73 Å². The van der Waals surface area contributed by atoms with E-state index in [0.717, 1.165) is 0 Å². The van der Waals surface area contributed by atoms with E-state index >= 15 is 0 Å². The minimum atomic E-state index is -0.439. The number of benzene rings is 1. The normalized spacial score (nSPS) is 12.2. The average molecular weight is 240 g/mol. The van der Waals surface area contributed by atoms with Crippen LogP contribution in [-0.2, 0) is 4.79 Å². The van der Waals surface area contributed by atoms with Crippen LogP contribution in [0.4, 0.5) is 4.39 Å². The van der Waals surface area contributed by atoms with E-state index in [1.54, 1.807) is 19.2 Å². The fourth-order valence-electron chi connectivity index (χ4n) is 1.37. The van der Waals surface area contributed by atoms with Gasteiger partial charge in [-0.1, -0.05) is 6.07 Å². The van der Waals surface area contributed by atoms with Crippen molar-refractivity contribution in [1.82, 2.24) is 5.32 Å². The molecule has 0 aliphatic heterocycles. The number of primary amides is 1. The van der Waals surface area contributed by atoms with Crippen molar-refractivity contribution in [3.63, 3.8) is 0 Å². The molecular formula is C12H17FN2O2. The Morgan fingerprint density at radius 3 is 2.82 bits per heavy atom. The topological polar surface area (TPSA) is 64.3 Å². The molecule has 0 saturated heterocycles. The zero-order valence-electron chi connectivity index (χ0n) is 10.00. The molecule has 0 bridgehead atoms. The first-order valence-corrected chi connectivity index (χ1v) is 5.42. The predicted octanol–water partition coefficient (Wildman–Crippen LogP) is 1.36. The van der Waals surface area contributed by atoms with E-state index < -0.39 is 5.91 Å². The van der Waals surface area contributed by atoms with Gasteiger partial charge < -0.3 is 15.8 Å². The van der Waals surface area contributed by atoms with Crippen molar-refractivity contribution in [3.05, 3.63) is 29.6 Å². The molecule has 1 aromatic carbocycles. The van der Waals surface area contributed by atoms with Crippen LogP contribution in [0.5, 0.6) is 5.75 Å². The lowest BCUT2D eigenvalue weighted by Crippen LogP contribution is -2.15. The second-order valence-electron chi connectivity index (χ2n) is 3.76. The van der Waals surface area contributed by atoms with Gasteiger partial charge in [0.05, 0.1) is 13.0 Å². The van der Waals surface area contributed by atoms with Crippen LogP contribution in [0.15, 0.2) is 18.2 Å². The number of ether oxygens (including phenoxy) is 1. The number of nitrogens with two attached hydrogens (primary N) is 1. The summed E-state index contributed by atoms with van der Waals surface area (Å²) in [6.45, 7) is 2.03. The molecule has 0 heterocycles. The van der Waals surface area contributed by atoms with Crippen LogP contribution in [0.2, 0.25) is 0 Å². The summed E-state index contributed by atoms with van der Waals surface area (Å²) < 4.78 is 18.9. The second kappa shape index (κ2) is 6.20. The molecule has 3 N–H and O–H groups in total. The Morgan fingerprint density at radius 2 is 2.29 bits per heavy atom. The predicted molar refractivity (Wildman–Crippen MR) is 63.2 cm³/mol. The highest BCUT2D eigenvalue weighted by molar-refractivity contribution is 5.73. The van der Waals surface area contributed by atoms with Crippen LogP contribution < -0.4 is 15.8 Å². The third-order valence-electron chi connectivity index (χ3n) is 2.49. The van der Waals surface area contributed by atoms with Gasteiger partial charge >= 0.3 is 0 Å². The van der Waals surface area contributed by atoms with Gasteiger partial charge in [-0.2, -0.15) is 0 Å². The van der Waals surface area contributed by atoms with Crippen molar-refractivity contribution < 1.29 is 13.9 Å². The Hall–Kier alpha value is -1.62. The SMILES string of the molecule is CNC(C)c1ccc(OCCC(N)=O)cc1F. The summed E-state index contributed by atoms with van der Waals surface area (Å²) in [6, 6.07) is 4.59. The van der Waals surface area contributed by atoms with E-state index in [2.05, 4.69) is 5.32 Å². The Morgan fingerprint density at radius 1 is 1.59 bits per heavy atom. The summed E-state index contributed by atoms with van der Waals surface area (Å²) >= 11 is 0. The number of nitrogens with one attached hydrogen (secondary N) is 1. The minimum absolute atomic E-state index is 0.0605. The first-order valence-electron chi connectivity index (χ1n) is 5.42. The summed E-state index contributed by atoms with van der Waals surface area (Å²) in [5, 5.41) is 2.96. The average Bonchev–Trinajstić information content (AvgIpc) is 2.28. The van der Waals surface area contributed by atoms with Crippen LogP contribution >= 0.6 is 0 Å². The molecule has 0 saturated carbocycles. The maximum absolute atomic E-state index is 13.7. The van der Waals surface area contributed by atoms with Gasteiger partial charge in [0.15, 0.2) is 0 Å². The van der Waals surface area contributed by atoms with Gasteiger partial charge in [0, 0.05) is 17.7 Å². The lowest BCUT2D eigenvalue weighted by Gasteiger charge is -2.13. The molecule has 1 amide bonds. The van der Waals surface area contributed by atoms with Crippen molar-refractivity contribution in [3.8, 4) is 5.75 Å². The van der Waals surface area contributed by atoms with E-state index in [-0.39, 0.29) is 24.9 Å². The third-order valence-corrected chi connectivity index (χ3v) is 2.49. The third kappa shape index (κ3) is 4.03.